The number of esters is 1. The summed E-state index contributed by atoms with van der Waals surface area (Å²) in [6.45, 7) is 3.39. The van der Waals surface area contributed by atoms with Crippen LogP contribution in [0.2, 0.25) is 0 Å². The summed E-state index contributed by atoms with van der Waals surface area (Å²) in [5, 5.41) is 3.58. The van der Waals surface area contributed by atoms with Gasteiger partial charge in [0.25, 0.3) is 0 Å². The molecule has 6 heteroatoms. The van der Waals surface area contributed by atoms with Gasteiger partial charge in [-0.3, -0.25) is 0 Å². The van der Waals surface area contributed by atoms with Gasteiger partial charge in [-0.25, -0.2) is 4.79 Å². The van der Waals surface area contributed by atoms with Crippen molar-refractivity contribution in [1.82, 2.24) is 5.32 Å². The number of benzene rings is 1. The summed E-state index contributed by atoms with van der Waals surface area (Å²) in [6, 6.07) is 3.85. The molecule has 146 valence electrons. The van der Waals surface area contributed by atoms with Crippen molar-refractivity contribution in [2.75, 3.05) is 24.8 Å². The van der Waals surface area contributed by atoms with E-state index in [0.29, 0.717) is 29.7 Å². The molecule has 0 saturated heterocycles. The lowest BCUT2D eigenvalue weighted by Crippen LogP contribution is -2.28. The number of rotatable bonds is 10. The van der Waals surface area contributed by atoms with Crippen LogP contribution >= 0.6 is 27.5 Å². The molecule has 1 aromatic carbocycles. The minimum absolute atomic E-state index is 0.176. The first-order valence-corrected chi connectivity index (χ1v) is 11.0. The van der Waals surface area contributed by atoms with Crippen LogP contribution in [0.3, 0.4) is 0 Å². The zero-order chi connectivity index (χ0) is 18.9. The topological polar surface area (TPSA) is 64.3 Å². The molecule has 1 fully saturated rings. The van der Waals surface area contributed by atoms with Gasteiger partial charge in [-0.2, -0.15) is 0 Å². The molecule has 0 spiro atoms. The fourth-order valence-corrected chi connectivity index (χ4v) is 4.34. The minimum Gasteiger partial charge on any atom is -0.462 e. The summed E-state index contributed by atoms with van der Waals surface area (Å²) in [7, 11) is 0. The van der Waals surface area contributed by atoms with Gasteiger partial charge in [0.1, 0.15) is 0 Å². The van der Waals surface area contributed by atoms with Crippen molar-refractivity contribution in [3.63, 3.8) is 0 Å². The maximum Gasteiger partial charge on any atom is 0.338 e. The van der Waals surface area contributed by atoms with E-state index >= 15 is 0 Å². The highest BCUT2D eigenvalue weighted by atomic mass is 79.9. The molecule has 0 radical (unpaired) electrons. The summed E-state index contributed by atoms with van der Waals surface area (Å²) in [6.07, 6.45) is 7.67. The van der Waals surface area contributed by atoms with E-state index in [1.165, 1.54) is 25.7 Å². The second-order valence-corrected chi connectivity index (χ2v) is 8.16. The normalized spacial score (nSPS) is 16.0. The number of hydrogen-bond donors (Lipinski definition) is 2. The first-order valence-electron chi connectivity index (χ1n) is 9.63. The van der Waals surface area contributed by atoms with Crippen molar-refractivity contribution in [3.05, 3.63) is 27.7 Å². The SMILES string of the molecule is CCNC(c1cc(C(=O)OCCCCCCl)cc(Br)c1N)C1CCCC1. The average Bonchev–Trinajstić information content (AvgIpc) is 3.16. The fourth-order valence-electron chi connectivity index (χ4n) is 3.68. The van der Waals surface area contributed by atoms with E-state index in [-0.39, 0.29) is 12.0 Å². The molecule has 1 saturated carbocycles. The number of ether oxygens (including phenoxy) is 1. The van der Waals surface area contributed by atoms with Gasteiger partial charge in [-0.05, 0) is 78.2 Å². The number of alkyl halides is 1. The van der Waals surface area contributed by atoms with Gasteiger partial charge in [0.15, 0.2) is 0 Å². The molecule has 1 atom stereocenters. The number of nitrogens with two attached hydrogens (primary N) is 1. The van der Waals surface area contributed by atoms with Gasteiger partial charge in [-0.15, -0.1) is 11.6 Å². The Morgan fingerprint density at radius 2 is 2.08 bits per heavy atom. The van der Waals surface area contributed by atoms with E-state index in [4.69, 9.17) is 22.1 Å². The third-order valence-corrected chi connectivity index (χ3v) is 5.96. The average molecular weight is 446 g/mol. The molecule has 1 aliphatic rings. The van der Waals surface area contributed by atoms with Crippen molar-refractivity contribution in [3.8, 4) is 0 Å². The zero-order valence-corrected chi connectivity index (χ0v) is 17.9. The lowest BCUT2D eigenvalue weighted by atomic mass is 9.89. The third-order valence-electron chi connectivity index (χ3n) is 5.04. The zero-order valence-electron chi connectivity index (χ0n) is 15.5. The van der Waals surface area contributed by atoms with E-state index in [2.05, 4.69) is 28.2 Å². The second kappa shape index (κ2) is 11.2. The van der Waals surface area contributed by atoms with Crippen LogP contribution in [0.15, 0.2) is 16.6 Å². The molecule has 1 unspecified atom stereocenters. The van der Waals surface area contributed by atoms with Crippen molar-refractivity contribution < 1.29 is 9.53 Å². The Hall–Kier alpha value is -0.780. The van der Waals surface area contributed by atoms with E-state index in [0.717, 1.165) is 35.8 Å². The van der Waals surface area contributed by atoms with Crippen LogP contribution in [-0.4, -0.2) is 25.0 Å². The van der Waals surface area contributed by atoms with Crippen molar-refractivity contribution >= 4 is 39.2 Å². The standard InChI is InChI=1S/C20H30BrClN2O2/c1-2-24-19(14-8-4-5-9-14)16-12-15(13-17(21)18(16)23)20(25)26-11-7-3-6-10-22/h12-14,19,24H,2-11,23H2,1H3. The summed E-state index contributed by atoms with van der Waals surface area (Å²) in [5.74, 6) is 0.917. The van der Waals surface area contributed by atoms with Gasteiger partial charge in [0.05, 0.1) is 17.9 Å². The Kier molecular flexibility index (Phi) is 9.23. The molecule has 4 nitrogen and oxygen atoms in total. The molecule has 0 bridgehead atoms. The highest BCUT2D eigenvalue weighted by Crippen LogP contribution is 2.40. The Morgan fingerprint density at radius 1 is 1.35 bits per heavy atom. The number of nitrogen functional groups attached to an aromatic ring is 1. The lowest BCUT2D eigenvalue weighted by Gasteiger charge is -2.27. The molecule has 0 aromatic heterocycles. The highest BCUT2D eigenvalue weighted by Gasteiger charge is 2.28. The van der Waals surface area contributed by atoms with Crippen LogP contribution in [0.5, 0.6) is 0 Å². The summed E-state index contributed by atoms with van der Waals surface area (Å²) < 4.78 is 6.18. The number of carbonyl (C=O) groups is 1. The third kappa shape index (κ3) is 5.86. The molecule has 0 amide bonds. The quantitative estimate of drug-likeness (QED) is 0.218. The predicted octanol–water partition coefficient (Wildman–Crippen LogP) is 5.44. The number of hydrogen-bond acceptors (Lipinski definition) is 4. The molecule has 3 N–H and O–H groups in total. The lowest BCUT2D eigenvalue weighted by molar-refractivity contribution is 0.0498. The van der Waals surface area contributed by atoms with Crippen LogP contribution in [0.4, 0.5) is 5.69 Å². The van der Waals surface area contributed by atoms with E-state index in [1.807, 2.05) is 6.07 Å². The predicted molar refractivity (Wildman–Crippen MR) is 112 cm³/mol. The Morgan fingerprint density at radius 3 is 2.73 bits per heavy atom. The summed E-state index contributed by atoms with van der Waals surface area (Å²) in [5.41, 5.74) is 8.62. The van der Waals surface area contributed by atoms with Crippen LogP contribution in [0.25, 0.3) is 0 Å². The van der Waals surface area contributed by atoms with Crippen LogP contribution in [0, 0.1) is 5.92 Å². The van der Waals surface area contributed by atoms with Crippen molar-refractivity contribution in [2.45, 2.75) is 57.9 Å². The molecule has 2 rings (SSSR count). The number of halogens is 2. The van der Waals surface area contributed by atoms with Crippen LogP contribution in [0.1, 0.15) is 73.8 Å². The number of carbonyl (C=O) groups excluding carboxylic acids is 1. The Bertz CT molecular complexity index is 591. The van der Waals surface area contributed by atoms with Crippen LogP contribution in [-0.2, 0) is 4.74 Å². The Balaban J connectivity index is 2.14. The summed E-state index contributed by atoms with van der Waals surface area (Å²) >= 11 is 9.19. The van der Waals surface area contributed by atoms with Gasteiger partial charge in [-0.1, -0.05) is 19.8 Å². The van der Waals surface area contributed by atoms with Crippen molar-refractivity contribution in [2.24, 2.45) is 5.92 Å². The maximum absolute atomic E-state index is 12.5. The van der Waals surface area contributed by atoms with E-state index in [1.54, 1.807) is 6.07 Å². The molecule has 0 aliphatic heterocycles. The highest BCUT2D eigenvalue weighted by molar-refractivity contribution is 9.10. The maximum atomic E-state index is 12.5. The smallest absolute Gasteiger partial charge is 0.338 e. The minimum atomic E-state index is -0.292. The molecule has 1 aliphatic carbocycles. The fraction of sp³-hybridized carbons (Fsp3) is 0.650. The molecule has 1 aromatic rings. The second-order valence-electron chi connectivity index (χ2n) is 6.93. The Labute approximate surface area is 170 Å². The monoisotopic (exact) mass is 444 g/mol. The molecule has 26 heavy (non-hydrogen) atoms. The number of unbranched alkanes of at least 4 members (excludes halogenated alkanes) is 2. The van der Waals surface area contributed by atoms with E-state index in [9.17, 15) is 4.79 Å². The molecular formula is C20H30BrClN2O2. The van der Waals surface area contributed by atoms with Gasteiger partial charge >= 0.3 is 5.97 Å². The van der Waals surface area contributed by atoms with Gasteiger partial charge in [0.2, 0.25) is 0 Å². The molecule has 0 heterocycles. The number of anilines is 1. The van der Waals surface area contributed by atoms with E-state index < -0.39 is 0 Å². The summed E-state index contributed by atoms with van der Waals surface area (Å²) in [4.78, 5) is 12.5. The molecular weight excluding hydrogens is 416 g/mol. The number of nitrogens with one attached hydrogen (secondary N) is 1. The van der Waals surface area contributed by atoms with Crippen molar-refractivity contribution in [1.29, 1.82) is 0 Å². The first-order chi connectivity index (χ1) is 12.6. The van der Waals surface area contributed by atoms with Crippen LogP contribution < -0.4 is 11.1 Å². The van der Waals surface area contributed by atoms with Gasteiger partial charge in [0, 0.05) is 16.4 Å². The van der Waals surface area contributed by atoms with Gasteiger partial charge < -0.3 is 15.8 Å². The largest absolute Gasteiger partial charge is 0.462 e. The first kappa shape index (κ1) is 21.5.